The maximum atomic E-state index is 10.9. The maximum Gasteiger partial charge on any atom is 0.293 e. The first-order chi connectivity index (χ1) is 10.6. The van der Waals surface area contributed by atoms with Gasteiger partial charge in [0.2, 0.25) is 0 Å². The van der Waals surface area contributed by atoms with Crippen LogP contribution in [0.3, 0.4) is 0 Å². The third-order valence-corrected chi connectivity index (χ3v) is 2.92. The molecule has 0 aliphatic carbocycles. The van der Waals surface area contributed by atoms with E-state index in [0.717, 1.165) is 6.07 Å². The van der Waals surface area contributed by atoms with Crippen LogP contribution in [0.1, 0.15) is 11.4 Å². The van der Waals surface area contributed by atoms with Crippen LogP contribution in [0.5, 0.6) is 0 Å². The lowest BCUT2D eigenvalue weighted by molar-refractivity contribution is -0.610. The fourth-order valence-electron chi connectivity index (χ4n) is 1.48. The normalized spacial score (nSPS) is 9.74. The van der Waals surface area contributed by atoms with Crippen molar-refractivity contribution in [2.24, 2.45) is 0 Å². The smallest absolute Gasteiger partial charge is 0.293 e. The Kier molecular flexibility index (Phi) is 6.17. The minimum Gasteiger partial charge on any atom is -0.617 e. The molecular weight excluding hydrogens is 351 g/mol. The second-order valence-electron chi connectivity index (χ2n) is 4.28. The molecule has 0 aliphatic heterocycles. The van der Waals surface area contributed by atoms with Crippen LogP contribution in [-0.2, 0) is 0 Å². The van der Waals surface area contributed by atoms with Gasteiger partial charge in [-0.25, -0.2) is 4.98 Å². The molecule has 0 saturated carbocycles. The van der Waals surface area contributed by atoms with E-state index in [1.165, 1.54) is 25.1 Å². The largest absolute Gasteiger partial charge is 0.617 e. The quantitative estimate of drug-likeness (QED) is 0.266. The summed E-state index contributed by atoms with van der Waals surface area (Å²) < 4.78 is 0.425. The van der Waals surface area contributed by atoms with Gasteiger partial charge in [0.05, 0.1) is 22.0 Å². The molecule has 11 heteroatoms. The number of aryl methyl sites for hydroxylation is 2. The topological polar surface area (TPSA) is 126 Å². The Morgan fingerprint density at radius 1 is 1.00 bits per heavy atom. The molecular formula is C12H10Cl2N4O5. The summed E-state index contributed by atoms with van der Waals surface area (Å²) in [5.74, 6) is 0. The molecule has 9 nitrogen and oxygen atoms in total. The van der Waals surface area contributed by atoms with Gasteiger partial charge < -0.3 is 5.21 Å². The highest BCUT2D eigenvalue weighted by Gasteiger charge is 2.15. The minimum atomic E-state index is -0.598. The first kappa shape index (κ1) is 18.5. The number of nitrogens with zero attached hydrogens (tertiary/aromatic N) is 4. The van der Waals surface area contributed by atoms with Gasteiger partial charge in [-0.15, -0.1) is 0 Å². The van der Waals surface area contributed by atoms with Gasteiger partial charge in [0.25, 0.3) is 16.5 Å². The Morgan fingerprint density at radius 3 is 1.96 bits per heavy atom. The molecule has 0 atom stereocenters. The predicted molar refractivity (Wildman–Crippen MR) is 82.4 cm³/mol. The molecule has 2 aromatic rings. The molecule has 0 saturated heterocycles. The van der Waals surface area contributed by atoms with Gasteiger partial charge in [0.15, 0.2) is 5.69 Å². The van der Waals surface area contributed by atoms with E-state index >= 15 is 0 Å². The molecule has 0 amide bonds. The van der Waals surface area contributed by atoms with Crippen LogP contribution < -0.4 is 4.73 Å². The molecule has 122 valence electrons. The second-order valence-corrected chi connectivity index (χ2v) is 5.05. The third kappa shape index (κ3) is 5.31. The van der Waals surface area contributed by atoms with Crippen molar-refractivity contribution in [3.8, 4) is 0 Å². The molecule has 2 heterocycles. The van der Waals surface area contributed by atoms with Crippen LogP contribution in [-0.4, -0.2) is 14.8 Å². The summed E-state index contributed by atoms with van der Waals surface area (Å²) in [4.78, 5) is 23.2. The SMILES string of the molecule is Cc1cc([N+](=O)[O-])cc(Cl)[n+]1[O-].Cc1cc([N+](=O)[O-])cc(Cl)n1. The monoisotopic (exact) mass is 360 g/mol. The summed E-state index contributed by atoms with van der Waals surface area (Å²) in [6, 6.07) is 4.76. The molecule has 0 fully saturated rings. The summed E-state index contributed by atoms with van der Waals surface area (Å²) in [6.45, 7) is 3.10. The first-order valence-corrected chi connectivity index (χ1v) is 6.70. The molecule has 0 spiro atoms. The van der Waals surface area contributed by atoms with Crippen molar-refractivity contribution in [3.63, 3.8) is 0 Å². The lowest BCUT2D eigenvalue weighted by Crippen LogP contribution is -2.31. The Balaban J connectivity index is 0.000000231. The molecule has 2 aromatic heterocycles. The van der Waals surface area contributed by atoms with E-state index in [2.05, 4.69) is 4.98 Å². The van der Waals surface area contributed by atoms with E-state index in [-0.39, 0.29) is 27.4 Å². The number of pyridine rings is 2. The average molecular weight is 361 g/mol. The molecule has 23 heavy (non-hydrogen) atoms. The zero-order chi connectivity index (χ0) is 17.7. The van der Waals surface area contributed by atoms with Crippen LogP contribution in [0.25, 0.3) is 0 Å². The molecule has 0 aromatic carbocycles. The van der Waals surface area contributed by atoms with E-state index < -0.39 is 9.85 Å². The van der Waals surface area contributed by atoms with E-state index in [0.29, 0.717) is 10.4 Å². The number of hydrogen-bond acceptors (Lipinski definition) is 6. The maximum absolute atomic E-state index is 10.9. The number of nitro groups is 2. The molecule has 0 unspecified atom stereocenters. The third-order valence-electron chi connectivity index (χ3n) is 2.47. The summed E-state index contributed by atoms with van der Waals surface area (Å²) in [5.41, 5.74) is 0.547. The van der Waals surface area contributed by atoms with Crippen LogP contribution >= 0.6 is 23.2 Å². The van der Waals surface area contributed by atoms with Crippen LogP contribution in [0.2, 0.25) is 10.3 Å². The predicted octanol–water partition coefficient (Wildman–Crippen LogP) is 3.14. The Bertz CT molecular complexity index is 726. The van der Waals surface area contributed by atoms with Gasteiger partial charge in [0, 0.05) is 18.7 Å². The fraction of sp³-hybridized carbons (Fsp3) is 0.167. The van der Waals surface area contributed by atoms with Gasteiger partial charge >= 0.3 is 0 Å². The van der Waals surface area contributed by atoms with Crippen molar-refractivity contribution in [1.29, 1.82) is 0 Å². The van der Waals surface area contributed by atoms with E-state index in [1.807, 2.05) is 0 Å². The highest BCUT2D eigenvalue weighted by molar-refractivity contribution is 6.29. The molecule has 0 aliphatic rings. The van der Waals surface area contributed by atoms with Crippen molar-refractivity contribution >= 4 is 34.6 Å². The standard InChI is InChI=1S/C6H5ClN2O3.C6H5ClN2O2/c1-4-2-5(9(11)12)3-6(7)8(4)10;1-4-2-5(9(10)11)3-6(7)8-4/h2-3H,1H3;2-3H,1H3. The van der Waals surface area contributed by atoms with Crippen LogP contribution in [0.4, 0.5) is 11.4 Å². The Labute approximate surface area is 140 Å². The van der Waals surface area contributed by atoms with Crippen molar-refractivity contribution in [2.45, 2.75) is 13.8 Å². The van der Waals surface area contributed by atoms with Gasteiger partial charge in [0.1, 0.15) is 11.2 Å². The lowest BCUT2D eigenvalue weighted by atomic mass is 10.3. The lowest BCUT2D eigenvalue weighted by Gasteiger charge is -2.00. The summed E-state index contributed by atoms with van der Waals surface area (Å²) in [6.07, 6.45) is 0. The van der Waals surface area contributed by atoms with Gasteiger partial charge in [-0.05, 0) is 18.5 Å². The Morgan fingerprint density at radius 2 is 1.52 bits per heavy atom. The zero-order valence-electron chi connectivity index (χ0n) is 11.9. The van der Waals surface area contributed by atoms with Gasteiger partial charge in [-0.2, -0.15) is 4.73 Å². The van der Waals surface area contributed by atoms with Gasteiger partial charge in [-0.1, -0.05) is 11.6 Å². The van der Waals surface area contributed by atoms with Crippen LogP contribution in [0, 0.1) is 39.3 Å². The van der Waals surface area contributed by atoms with Crippen molar-refractivity contribution in [2.75, 3.05) is 0 Å². The summed E-state index contributed by atoms with van der Waals surface area (Å²) in [5, 5.41) is 31.3. The van der Waals surface area contributed by atoms with E-state index in [4.69, 9.17) is 23.2 Å². The van der Waals surface area contributed by atoms with Crippen molar-refractivity contribution in [3.05, 3.63) is 71.4 Å². The molecule has 0 bridgehead atoms. The highest BCUT2D eigenvalue weighted by atomic mass is 35.5. The minimum absolute atomic E-state index is 0.0255. The molecule has 0 radical (unpaired) electrons. The second kappa shape index (κ2) is 7.65. The number of halogens is 2. The highest BCUT2D eigenvalue weighted by Crippen LogP contribution is 2.16. The summed E-state index contributed by atoms with van der Waals surface area (Å²) in [7, 11) is 0. The average Bonchev–Trinajstić information content (AvgIpc) is 2.43. The molecule has 0 N–H and O–H groups in total. The van der Waals surface area contributed by atoms with Crippen molar-refractivity contribution in [1.82, 2.24) is 4.98 Å². The number of aromatic nitrogens is 2. The van der Waals surface area contributed by atoms with Crippen molar-refractivity contribution < 1.29 is 14.6 Å². The van der Waals surface area contributed by atoms with Crippen LogP contribution in [0.15, 0.2) is 24.3 Å². The van der Waals surface area contributed by atoms with E-state index in [1.54, 1.807) is 6.92 Å². The summed E-state index contributed by atoms with van der Waals surface area (Å²) >= 11 is 10.9. The zero-order valence-corrected chi connectivity index (χ0v) is 13.4. The van der Waals surface area contributed by atoms with E-state index in [9.17, 15) is 25.4 Å². The Hall–Kier alpha value is -2.52. The van der Waals surface area contributed by atoms with Gasteiger partial charge in [-0.3, -0.25) is 20.2 Å². The fourth-order valence-corrected chi connectivity index (χ4v) is 1.98. The molecule has 2 rings (SSSR count). The number of hydrogen-bond donors (Lipinski definition) is 0. The first-order valence-electron chi connectivity index (χ1n) is 5.94. The number of rotatable bonds is 2.